The van der Waals surface area contributed by atoms with Crippen LogP contribution in [0.25, 0.3) is 0 Å². The van der Waals surface area contributed by atoms with Gasteiger partial charge in [-0.1, -0.05) is 12.8 Å². The average molecular weight is 212 g/mol. The average Bonchev–Trinajstić information content (AvgIpc) is 2.75. The van der Waals surface area contributed by atoms with Crippen molar-refractivity contribution in [3.8, 4) is 0 Å². The minimum absolute atomic E-state index is 0.121. The molecule has 2 aliphatic rings. The number of nitrogens with two attached hydrogens (primary N) is 1. The standard InChI is InChI=1S/C11H20N2O2/c12-11(4-1-2-5-11)7-10(15)13-6-3-9(14)8-13/h9,14H,1-8,12H2/t9-/m0/s1. The van der Waals surface area contributed by atoms with Crippen molar-refractivity contribution in [1.82, 2.24) is 4.90 Å². The zero-order valence-corrected chi connectivity index (χ0v) is 9.11. The second-order valence-electron chi connectivity index (χ2n) is 5.03. The van der Waals surface area contributed by atoms with Gasteiger partial charge in [0.15, 0.2) is 0 Å². The first-order valence-corrected chi connectivity index (χ1v) is 5.84. The fraction of sp³-hybridized carbons (Fsp3) is 0.909. The van der Waals surface area contributed by atoms with Gasteiger partial charge < -0.3 is 15.7 Å². The molecule has 3 N–H and O–H groups in total. The van der Waals surface area contributed by atoms with Crippen molar-refractivity contribution in [1.29, 1.82) is 0 Å². The first-order valence-electron chi connectivity index (χ1n) is 5.84. The molecule has 0 aromatic carbocycles. The van der Waals surface area contributed by atoms with Gasteiger partial charge in [-0.3, -0.25) is 4.79 Å². The quantitative estimate of drug-likeness (QED) is 0.689. The fourth-order valence-electron chi connectivity index (χ4n) is 2.64. The van der Waals surface area contributed by atoms with E-state index in [1.54, 1.807) is 4.90 Å². The summed E-state index contributed by atoms with van der Waals surface area (Å²) in [4.78, 5) is 13.6. The van der Waals surface area contributed by atoms with E-state index in [1.165, 1.54) is 0 Å². The van der Waals surface area contributed by atoms with Gasteiger partial charge in [0.05, 0.1) is 6.10 Å². The molecule has 1 heterocycles. The Kier molecular flexibility index (Phi) is 2.98. The van der Waals surface area contributed by atoms with E-state index in [4.69, 9.17) is 5.73 Å². The Morgan fingerprint density at radius 3 is 2.67 bits per heavy atom. The molecule has 1 aliphatic carbocycles. The molecule has 0 aromatic rings. The number of hydrogen-bond donors (Lipinski definition) is 2. The van der Waals surface area contributed by atoms with Gasteiger partial charge in [-0.15, -0.1) is 0 Å². The van der Waals surface area contributed by atoms with E-state index in [2.05, 4.69) is 0 Å². The van der Waals surface area contributed by atoms with Crippen molar-refractivity contribution in [3.05, 3.63) is 0 Å². The van der Waals surface area contributed by atoms with Crippen LogP contribution >= 0.6 is 0 Å². The predicted octanol–water partition coefficient (Wildman–Crippen LogP) is 0.241. The minimum atomic E-state index is -0.328. The van der Waals surface area contributed by atoms with Gasteiger partial charge in [0.2, 0.25) is 5.91 Å². The normalized spacial score (nSPS) is 29.7. The first kappa shape index (κ1) is 10.9. The predicted molar refractivity (Wildman–Crippen MR) is 57.2 cm³/mol. The van der Waals surface area contributed by atoms with Crippen LogP contribution in [-0.4, -0.2) is 40.6 Å². The van der Waals surface area contributed by atoms with Gasteiger partial charge >= 0.3 is 0 Å². The molecule has 2 fully saturated rings. The van der Waals surface area contributed by atoms with E-state index in [9.17, 15) is 9.90 Å². The summed E-state index contributed by atoms with van der Waals surface area (Å²) in [6.45, 7) is 1.19. The van der Waals surface area contributed by atoms with Crippen LogP contribution in [0.5, 0.6) is 0 Å². The van der Waals surface area contributed by atoms with Crippen LogP contribution in [0.15, 0.2) is 0 Å². The summed E-state index contributed by atoms with van der Waals surface area (Å²) in [5.41, 5.74) is 5.89. The highest BCUT2D eigenvalue weighted by atomic mass is 16.3. The van der Waals surface area contributed by atoms with E-state index < -0.39 is 0 Å². The smallest absolute Gasteiger partial charge is 0.224 e. The highest BCUT2D eigenvalue weighted by Crippen LogP contribution is 2.30. The van der Waals surface area contributed by atoms with Gasteiger partial charge in [0, 0.05) is 25.0 Å². The zero-order valence-electron chi connectivity index (χ0n) is 9.11. The molecular weight excluding hydrogens is 192 g/mol. The number of aliphatic hydroxyl groups excluding tert-OH is 1. The number of aliphatic hydroxyl groups is 1. The van der Waals surface area contributed by atoms with Gasteiger partial charge in [-0.2, -0.15) is 0 Å². The van der Waals surface area contributed by atoms with E-state index in [-0.39, 0.29) is 17.6 Å². The van der Waals surface area contributed by atoms with E-state index >= 15 is 0 Å². The third-order valence-corrected chi connectivity index (χ3v) is 3.62. The highest BCUT2D eigenvalue weighted by Gasteiger charge is 2.34. The summed E-state index contributed by atoms with van der Waals surface area (Å²) in [6.07, 6.45) is 5.07. The van der Waals surface area contributed by atoms with Crippen LogP contribution in [0.4, 0.5) is 0 Å². The Bertz CT molecular complexity index is 249. The molecule has 1 saturated carbocycles. The van der Waals surface area contributed by atoms with Gasteiger partial charge in [-0.05, 0) is 19.3 Å². The van der Waals surface area contributed by atoms with E-state index in [0.29, 0.717) is 25.9 Å². The number of β-amino-alcohol motifs (C(OH)–C–C–N with tert-alkyl or cyclic N) is 1. The second-order valence-corrected chi connectivity index (χ2v) is 5.03. The Morgan fingerprint density at radius 2 is 2.13 bits per heavy atom. The molecule has 1 atom stereocenters. The first-order chi connectivity index (χ1) is 7.09. The fourth-order valence-corrected chi connectivity index (χ4v) is 2.64. The van der Waals surface area contributed by atoms with Crippen LogP contribution in [0, 0.1) is 0 Å². The molecule has 1 aliphatic heterocycles. The lowest BCUT2D eigenvalue weighted by molar-refractivity contribution is -0.131. The highest BCUT2D eigenvalue weighted by molar-refractivity contribution is 5.77. The summed E-state index contributed by atoms with van der Waals surface area (Å²) in [7, 11) is 0. The Morgan fingerprint density at radius 1 is 1.47 bits per heavy atom. The van der Waals surface area contributed by atoms with Crippen molar-refractivity contribution in [2.24, 2.45) is 5.73 Å². The van der Waals surface area contributed by atoms with Crippen molar-refractivity contribution in [2.75, 3.05) is 13.1 Å². The van der Waals surface area contributed by atoms with Crippen molar-refractivity contribution in [2.45, 2.75) is 50.2 Å². The molecule has 86 valence electrons. The van der Waals surface area contributed by atoms with Crippen molar-refractivity contribution >= 4 is 5.91 Å². The van der Waals surface area contributed by atoms with Crippen LogP contribution in [0.1, 0.15) is 38.5 Å². The Balaban J connectivity index is 1.86. The van der Waals surface area contributed by atoms with Gasteiger partial charge in [0.1, 0.15) is 0 Å². The lowest BCUT2D eigenvalue weighted by atomic mass is 9.94. The molecule has 1 saturated heterocycles. The van der Waals surface area contributed by atoms with Crippen LogP contribution in [0.3, 0.4) is 0 Å². The minimum Gasteiger partial charge on any atom is -0.391 e. The van der Waals surface area contributed by atoms with E-state index in [1.807, 2.05) is 0 Å². The maximum Gasteiger partial charge on any atom is 0.224 e. The van der Waals surface area contributed by atoms with E-state index in [0.717, 1.165) is 25.7 Å². The molecule has 0 unspecified atom stereocenters. The molecule has 1 amide bonds. The largest absolute Gasteiger partial charge is 0.391 e. The maximum absolute atomic E-state index is 11.9. The third-order valence-electron chi connectivity index (χ3n) is 3.62. The monoisotopic (exact) mass is 212 g/mol. The lowest BCUT2D eigenvalue weighted by Gasteiger charge is -2.26. The number of rotatable bonds is 2. The van der Waals surface area contributed by atoms with Crippen LogP contribution in [-0.2, 0) is 4.79 Å². The number of carbonyl (C=O) groups excluding carboxylic acids is 1. The molecular formula is C11H20N2O2. The Labute approximate surface area is 90.4 Å². The number of nitrogens with zero attached hydrogens (tertiary/aromatic N) is 1. The van der Waals surface area contributed by atoms with Gasteiger partial charge in [-0.25, -0.2) is 0 Å². The molecule has 15 heavy (non-hydrogen) atoms. The molecule has 4 heteroatoms. The van der Waals surface area contributed by atoms with Crippen molar-refractivity contribution in [3.63, 3.8) is 0 Å². The van der Waals surface area contributed by atoms with Gasteiger partial charge in [0.25, 0.3) is 0 Å². The SMILES string of the molecule is NC1(CC(=O)N2CC[C@H](O)C2)CCCC1. The topological polar surface area (TPSA) is 66.6 Å². The molecule has 0 aromatic heterocycles. The zero-order chi connectivity index (χ0) is 10.9. The molecule has 0 spiro atoms. The lowest BCUT2D eigenvalue weighted by Crippen LogP contribution is -2.43. The molecule has 0 bridgehead atoms. The third kappa shape index (κ3) is 2.49. The second kappa shape index (κ2) is 4.10. The summed E-state index contributed by atoms with van der Waals surface area (Å²) < 4.78 is 0. The molecule has 2 rings (SSSR count). The summed E-state index contributed by atoms with van der Waals surface area (Å²) >= 11 is 0. The number of carbonyl (C=O) groups is 1. The van der Waals surface area contributed by atoms with Crippen molar-refractivity contribution < 1.29 is 9.90 Å². The molecule has 4 nitrogen and oxygen atoms in total. The maximum atomic E-state index is 11.9. The summed E-state index contributed by atoms with van der Waals surface area (Å²) in [5.74, 6) is 0.121. The number of hydrogen-bond acceptors (Lipinski definition) is 3. The summed E-state index contributed by atoms with van der Waals surface area (Å²) in [6, 6.07) is 0. The number of likely N-dealkylation sites (tertiary alicyclic amines) is 1. The summed E-state index contributed by atoms with van der Waals surface area (Å²) in [5, 5.41) is 9.35. The number of amides is 1. The molecule has 0 radical (unpaired) electrons. The Hall–Kier alpha value is -0.610. The van der Waals surface area contributed by atoms with Crippen LogP contribution in [0.2, 0.25) is 0 Å². The van der Waals surface area contributed by atoms with Crippen LogP contribution < -0.4 is 5.73 Å².